The van der Waals surface area contributed by atoms with Crippen molar-refractivity contribution >= 4 is 5.91 Å². The predicted octanol–water partition coefficient (Wildman–Crippen LogP) is 3.39. The fourth-order valence-corrected chi connectivity index (χ4v) is 4.21. The molecule has 0 unspecified atom stereocenters. The molecule has 2 heterocycles. The lowest BCUT2D eigenvalue weighted by molar-refractivity contribution is 0.0921. The Hall–Kier alpha value is -2.14. The zero-order valence-electron chi connectivity index (χ0n) is 15.3. The highest BCUT2D eigenvalue weighted by molar-refractivity contribution is 5.94. The van der Waals surface area contributed by atoms with E-state index in [1.807, 2.05) is 30.6 Å². The first-order valence-electron chi connectivity index (χ1n) is 9.89. The summed E-state index contributed by atoms with van der Waals surface area (Å²) in [6.45, 7) is 3.40. The lowest BCUT2D eigenvalue weighted by Gasteiger charge is -2.29. The lowest BCUT2D eigenvalue weighted by atomic mass is 9.91. The van der Waals surface area contributed by atoms with Crippen LogP contribution in [0.3, 0.4) is 0 Å². The Balaban J connectivity index is 1.27. The maximum absolute atomic E-state index is 12.5. The molecule has 1 aliphatic carbocycles. The molecule has 1 amide bonds. The molecule has 0 bridgehead atoms. The summed E-state index contributed by atoms with van der Waals surface area (Å²) in [6, 6.07) is 10.9. The number of aromatic nitrogens is 2. The van der Waals surface area contributed by atoms with E-state index < -0.39 is 0 Å². The summed E-state index contributed by atoms with van der Waals surface area (Å²) in [5.74, 6) is 0.0558. The first-order valence-corrected chi connectivity index (χ1v) is 9.89. The third-order valence-corrected chi connectivity index (χ3v) is 5.75. The van der Waals surface area contributed by atoms with Crippen LogP contribution in [0.15, 0.2) is 42.7 Å². The number of amides is 1. The Morgan fingerprint density at radius 2 is 1.81 bits per heavy atom. The van der Waals surface area contributed by atoms with E-state index in [1.165, 1.54) is 31.5 Å². The molecule has 0 radical (unpaired) electrons. The fraction of sp³-hybridized carbons (Fsp3) is 0.524. The SMILES string of the molecule is O=C(NC1CCC(n2cccn2)CC1)c1ccc(CN2CCCC2)cc1. The van der Waals surface area contributed by atoms with Crippen molar-refractivity contribution in [2.75, 3.05) is 13.1 Å². The molecule has 1 aliphatic heterocycles. The summed E-state index contributed by atoms with van der Waals surface area (Å²) in [6.07, 6.45) is 10.7. The van der Waals surface area contributed by atoms with Gasteiger partial charge < -0.3 is 5.32 Å². The molecule has 0 spiro atoms. The fourth-order valence-electron chi connectivity index (χ4n) is 4.21. The van der Waals surface area contributed by atoms with Crippen LogP contribution in [0, 0.1) is 0 Å². The van der Waals surface area contributed by atoms with Gasteiger partial charge in [-0.2, -0.15) is 5.10 Å². The maximum Gasteiger partial charge on any atom is 0.251 e. The summed E-state index contributed by atoms with van der Waals surface area (Å²) in [7, 11) is 0. The second-order valence-corrected chi connectivity index (χ2v) is 7.65. The van der Waals surface area contributed by atoms with Crippen molar-refractivity contribution in [3.8, 4) is 0 Å². The van der Waals surface area contributed by atoms with Crippen molar-refractivity contribution in [2.45, 2.75) is 57.2 Å². The minimum Gasteiger partial charge on any atom is -0.349 e. The number of nitrogens with zero attached hydrogens (tertiary/aromatic N) is 3. The van der Waals surface area contributed by atoms with E-state index in [9.17, 15) is 4.79 Å². The van der Waals surface area contributed by atoms with E-state index in [-0.39, 0.29) is 11.9 Å². The quantitative estimate of drug-likeness (QED) is 0.897. The Morgan fingerprint density at radius 1 is 1.08 bits per heavy atom. The molecule has 1 saturated heterocycles. The first-order chi connectivity index (χ1) is 12.8. The van der Waals surface area contributed by atoms with E-state index in [0.717, 1.165) is 37.8 Å². The van der Waals surface area contributed by atoms with E-state index in [4.69, 9.17) is 0 Å². The predicted molar refractivity (Wildman–Crippen MR) is 102 cm³/mol. The van der Waals surface area contributed by atoms with Crippen molar-refractivity contribution in [3.05, 3.63) is 53.9 Å². The number of hydrogen-bond acceptors (Lipinski definition) is 3. The van der Waals surface area contributed by atoms with Crippen molar-refractivity contribution in [1.82, 2.24) is 20.0 Å². The zero-order valence-corrected chi connectivity index (χ0v) is 15.3. The molecule has 26 heavy (non-hydrogen) atoms. The third kappa shape index (κ3) is 4.15. The summed E-state index contributed by atoms with van der Waals surface area (Å²) in [5, 5.41) is 7.56. The molecular weight excluding hydrogens is 324 g/mol. The minimum atomic E-state index is 0.0558. The number of nitrogens with one attached hydrogen (secondary N) is 1. The first kappa shape index (κ1) is 17.3. The van der Waals surface area contributed by atoms with Crippen molar-refractivity contribution in [1.29, 1.82) is 0 Å². The van der Waals surface area contributed by atoms with Crippen LogP contribution in [-0.4, -0.2) is 39.7 Å². The van der Waals surface area contributed by atoms with Gasteiger partial charge in [0.05, 0.1) is 6.04 Å². The Labute approximate surface area is 155 Å². The van der Waals surface area contributed by atoms with Crippen LogP contribution in [0.25, 0.3) is 0 Å². The highest BCUT2D eigenvalue weighted by Crippen LogP contribution is 2.28. The molecule has 5 heteroatoms. The molecule has 2 fully saturated rings. The maximum atomic E-state index is 12.5. The third-order valence-electron chi connectivity index (χ3n) is 5.75. The van der Waals surface area contributed by atoms with Gasteiger partial charge >= 0.3 is 0 Å². The number of carbonyl (C=O) groups is 1. The second-order valence-electron chi connectivity index (χ2n) is 7.65. The van der Waals surface area contributed by atoms with Crippen LogP contribution in [0.2, 0.25) is 0 Å². The second kappa shape index (κ2) is 8.04. The average molecular weight is 352 g/mol. The van der Waals surface area contributed by atoms with Gasteiger partial charge in [-0.25, -0.2) is 0 Å². The molecule has 2 aromatic rings. The molecule has 1 N–H and O–H groups in total. The van der Waals surface area contributed by atoms with Gasteiger partial charge in [0.1, 0.15) is 0 Å². The van der Waals surface area contributed by atoms with Gasteiger partial charge in [-0.15, -0.1) is 0 Å². The van der Waals surface area contributed by atoms with Crippen LogP contribution in [-0.2, 0) is 6.54 Å². The number of hydrogen-bond donors (Lipinski definition) is 1. The summed E-state index contributed by atoms with van der Waals surface area (Å²) >= 11 is 0. The molecule has 1 aromatic heterocycles. The van der Waals surface area contributed by atoms with E-state index in [1.54, 1.807) is 0 Å². The minimum absolute atomic E-state index is 0.0558. The molecule has 138 valence electrons. The van der Waals surface area contributed by atoms with E-state index in [2.05, 4.69) is 32.1 Å². The molecule has 2 aliphatic rings. The topological polar surface area (TPSA) is 50.2 Å². The molecule has 0 atom stereocenters. The van der Waals surface area contributed by atoms with Crippen LogP contribution in [0.4, 0.5) is 0 Å². The number of likely N-dealkylation sites (tertiary alicyclic amines) is 1. The Bertz CT molecular complexity index is 696. The number of benzene rings is 1. The van der Waals surface area contributed by atoms with Gasteiger partial charge in [-0.05, 0) is 75.4 Å². The molecule has 1 aromatic carbocycles. The van der Waals surface area contributed by atoms with Gasteiger partial charge in [0.15, 0.2) is 0 Å². The molecule has 4 rings (SSSR count). The van der Waals surface area contributed by atoms with Gasteiger partial charge in [0.25, 0.3) is 5.91 Å². The Morgan fingerprint density at radius 3 is 2.46 bits per heavy atom. The van der Waals surface area contributed by atoms with Gasteiger partial charge in [-0.3, -0.25) is 14.4 Å². The lowest BCUT2D eigenvalue weighted by Crippen LogP contribution is -2.38. The summed E-state index contributed by atoms with van der Waals surface area (Å²) in [4.78, 5) is 15.0. The number of carbonyl (C=O) groups excluding carboxylic acids is 1. The van der Waals surface area contributed by atoms with Gasteiger partial charge in [-0.1, -0.05) is 12.1 Å². The smallest absolute Gasteiger partial charge is 0.251 e. The van der Waals surface area contributed by atoms with E-state index in [0.29, 0.717) is 6.04 Å². The monoisotopic (exact) mass is 352 g/mol. The highest BCUT2D eigenvalue weighted by Gasteiger charge is 2.24. The summed E-state index contributed by atoms with van der Waals surface area (Å²) in [5.41, 5.74) is 2.06. The van der Waals surface area contributed by atoms with Crippen LogP contribution in [0.1, 0.15) is 60.5 Å². The van der Waals surface area contributed by atoms with Gasteiger partial charge in [0, 0.05) is 30.5 Å². The molecular formula is C21H28N4O. The zero-order chi connectivity index (χ0) is 17.8. The largest absolute Gasteiger partial charge is 0.349 e. The molecule has 1 saturated carbocycles. The average Bonchev–Trinajstić information content (AvgIpc) is 3.37. The highest BCUT2D eigenvalue weighted by atomic mass is 16.1. The standard InChI is InChI=1S/C21H28N4O/c26-21(18-6-4-17(5-7-18)16-24-13-1-2-14-24)23-19-8-10-20(11-9-19)25-15-3-12-22-25/h3-7,12,15,19-20H,1-2,8-11,13-14,16H2,(H,23,26). The number of rotatable bonds is 5. The van der Waals surface area contributed by atoms with Crippen molar-refractivity contribution < 1.29 is 4.79 Å². The molecule has 5 nitrogen and oxygen atoms in total. The normalized spacial score (nSPS) is 23.8. The van der Waals surface area contributed by atoms with Crippen molar-refractivity contribution in [2.24, 2.45) is 0 Å². The van der Waals surface area contributed by atoms with Crippen LogP contribution < -0.4 is 5.32 Å². The van der Waals surface area contributed by atoms with Crippen LogP contribution in [0.5, 0.6) is 0 Å². The Kier molecular flexibility index (Phi) is 5.34. The van der Waals surface area contributed by atoms with Crippen LogP contribution >= 0.6 is 0 Å². The van der Waals surface area contributed by atoms with E-state index >= 15 is 0 Å². The van der Waals surface area contributed by atoms with Gasteiger partial charge in [0.2, 0.25) is 0 Å². The van der Waals surface area contributed by atoms with Crippen molar-refractivity contribution in [3.63, 3.8) is 0 Å². The summed E-state index contributed by atoms with van der Waals surface area (Å²) < 4.78 is 2.05.